The van der Waals surface area contributed by atoms with Gasteiger partial charge in [-0.05, 0) is 0 Å². The molecule has 62 valence electrons. The fourth-order valence-corrected chi connectivity index (χ4v) is 1.90. The van der Waals surface area contributed by atoms with Crippen molar-refractivity contribution >= 4 is 29.2 Å². The van der Waals surface area contributed by atoms with Crippen molar-refractivity contribution in [2.24, 2.45) is 4.99 Å². The topological polar surface area (TPSA) is 61.7 Å². The zero-order chi connectivity index (χ0) is 8.55. The molecule has 4 nitrogen and oxygen atoms in total. The van der Waals surface area contributed by atoms with E-state index in [9.17, 15) is 4.79 Å². The van der Waals surface area contributed by atoms with Crippen LogP contribution in [0.2, 0.25) is 0 Å². The number of carbonyl (C=O) groups is 1. The van der Waals surface area contributed by atoms with Crippen LogP contribution in [0.15, 0.2) is 10.4 Å². The standard InChI is InChI=1S/C7H6N2O2S/c10-7(11)6-4-1-8-3-9-5(4)2-12-6/h1-2,9H,3H2,(H,10,11). The van der Waals surface area contributed by atoms with Crippen molar-refractivity contribution in [3.05, 3.63) is 15.8 Å². The molecule has 1 aromatic rings. The number of anilines is 1. The molecular formula is C7H6N2O2S. The lowest BCUT2D eigenvalue weighted by atomic mass is 10.2. The Balaban J connectivity index is 2.54. The first kappa shape index (κ1) is 7.30. The van der Waals surface area contributed by atoms with Crippen molar-refractivity contribution in [1.29, 1.82) is 0 Å². The summed E-state index contributed by atoms with van der Waals surface area (Å²) >= 11 is 1.22. The molecule has 0 saturated carbocycles. The summed E-state index contributed by atoms with van der Waals surface area (Å²) in [5, 5.41) is 13.5. The molecule has 2 rings (SSSR count). The maximum absolute atomic E-state index is 10.7. The molecule has 0 aromatic carbocycles. The predicted octanol–water partition coefficient (Wildman–Crippen LogP) is 1.25. The maximum atomic E-state index is 10.7. The molecule has 0 spiro atoms. The molecule has 1 aromatic heterocycles. The van der Waals surface area contributed by atoms with Crippen molar-refractivity contribution in [3.63, 3.8) is 0 Å². The van der Waals surface area contributed by atoms with Crippen LogP contribution in [0.25, 0.3) is 0 Å². The first-order valence-corrected chi connectivity index (χ1v) is 4.25. The minimum atomic E-state index is -0.892. The highest BCUT2D eigenvalue weighted by Crippen LogP contribution is 2.27. The van der Waals surface area contributed by atoms with Crippen molar-refractivity contribution < 1.29 is 9.90 Å². The summed E-state index contributed by atoms with van der Waals surface area (Å²) in [6.07, 6.45) is 1.60. The number of aliphatic imine (C=N–C) groups is 1. The van der Waals surface area contributed by atoms with Crippen molar-refractivity contribution in [3.8, 4) is 0 Å². The number of hydrogen-bond donors (Lipinski definition) is 2. The van der Waals surface area contributed by atoms with Gasteiger partial charge in [0.1, 0.15) is 11.5 Å². The van der Waals surface area contributed by atoms with E-state index in [0.717, 1.165) is 5.69 Å². The van der Waals surface area contributed by atoms with Crippen molar-refractivity contribution in [1.82, 2.24) is 0 Å². The Bertz CT molecular complexity index is 356. The van der Waals surface area contributed by atoms with Crippen molar-refractivity contribution in [2.45, 2.75) is 0 Å². The highest BCUT2D eigenvalue weighted by Gasteiger charge is 2.16. The van der Waals surface area contributed by atoms with E-state index in [1.54, 1.807) is 11.6 Å². The summed E-state index contributed by atoms with van der Waals surface area (Å²) in [6.45, 7) is 0.531. The van der Waals surface area contributed by atoms with Crippen LogP contribution in [0.4, 0.5) is 5.69 Å². The summed E-state index contributed by atoms with van der Waals surface area (Å²) in [4.78, 5) is 14.9. The summed E-state index contributed by atoms with van der Waals surface area (Å²) in [7, 11) is 0. The van der Waals surface area contributed by atoms with Gasteiger partial charge in [-0.3, -0.25) is 4.99 Å². The van der Waals surface area contributed by atoms with Gasteiger partial charge in [-0.15, -0.1) is 11.3 Å². The largest absolute Gasteiger partial charge is 0.477 e. The van der Waals surface area contributed by atoms with Crippen molar-refractivity contribution in [2.75, 3.05) is 12.0 Å². The minimum absolute atomic E-state index is 0.348. The number of aromatic carboxylic acids is 1. The first-order valence-electron chi connectivity index (χ1n) is 3.37. The fourth-order valence-electron chi connectivity index (χ4n) is 1.07. The average molecular weight is 182 g/mol. The molecule has 0 unspecified atom stereocenters. The van der Waals surface area contributed by atoms with E-state index in [-0.39, 0.29) is 0 Å². The average Bonchev–Trinajstić information content (AvgIpc) is 2.47. The summed E-state index contributed by atoms with van der Waals surface area (Å²) in [5.41, 5.74) is 1.56. The number of fused-ring (bicyclic) bond motifs is 1. The molecule has 2 N–H and O–H groups in total. The van der Waals surface area contributed by atoms with Crippen LogP contribution in [-0.4, -0.2) is 24.0 Å². The van der Waals surface area contributed by atoms with Gasteiger partial charge in [0, 0.05) is 17.2 Å². The second kappa shape index (κ2) is 2.60. The third-order valence-corrected chi connectivity index (χ3v) is 2.59. The Hall–Kier alpha value is -1.36. The zero-order valence-corrected chi connectivity index (χ0v) is 6.89. The van der Waals surface area contributed by atoms with Crippen LogP contribution < -0.4 is 5.32 Å². The fraction of sp³-hybridized carbons (Fsp3) is 0.143. The lowest BCUT2D eigenvalue weighted by molar-refractivity contribution is 0.0702. The molecule has 2 heterocycles. The number of hydrogen-bond acceptors (Lipinski definition) is 4. The summed E-state index contributed by atoms with van der Waals surface area (Å²) < 4.78 is 0. The van der Waals surface area contributed by atoms with E-state index < -0.39 is 5.97 Å². The zero-order valence-electron chi connectivity index (χ0n) is 6.07. The van der Waals surface area contributed by atoms with Crippen LogP contribution in [0.3, 0.4) is 0 Å². The van der Waals surface area contributed by atoms with Crippen LogP contribution in [-0.2, 0) is 0 Å². The van der Waals surface area contributed by atoms with Gasteiger partial charge in [-0.25, -0.2) is 4.79 Å². The normalized spacial score (nSPS) is 13.7. The van der Waals surface area contributed by atoms with Gasteiger partial charge in [0.25, 0.3) is 0 Å². The molecule has 5 heteroatoms. The number of nitrogens with zero attached hydrogens (tertiary/aromatic N) is 1. The van der Waals surface area contributed by atoms with E-state index in [0.29, 0.717) is 17.1 Å². The Kier molecular flexibility index (Phi) is 1.58. The SMILES string of the molecule is O=C(O)c1scc2c1C=NCN2. The maximum Gasteiger partial charge on any atom is 0.346 e. The van der Waals surface area contributed by atoms with Gasteiger partial charge in [0.15, 0.2) is 0 Å². The molecule has 0 saturated heterocycles. The van der Waals surface area contributed by atoms with Gasteiger partial charge in [-0.1, -0.05) is 0 Å². The van der Waals surface area contributed by atoms with Crippen LogP contribution >= 0.6 is 11.3 Å². The summed E-state index contributed by atoms with van der Waals surface area (Å²) in [5.74, 6) is -0.892. The van der Waals surface area contributed by atoms with E-state index >= 15 is 0 Å². The monoisotopic (exact) mass is 182 g/mol. The highest BCUT2D eigenvalue weighted by molar-refractivity contribution is 7.12. The molecular weight excluding hydrogens is 176 g/mol. The predicted molar refractivity (Wildman–Crippen MR) is 47.4 cm³/mol. The Labute approximate surface area is 72.6 Å². The first-order chi connectivity index (χ1) is 5.79. The molecule has 0 amide bonds. The molecule has 0 aliphatic carbocycles. The van der Waals surface area contributed by atoms with E-state index in [1.807, 2.05) is 0 Å². The highest BCUT2D eigenvalue weighted by atomic mass is 32.1. The smallest absolute Gasteiger partial charge is 0.346 e. The molecule has 0 radical (unpaired) electrons. The Morgan fingerprint density at radius 3 is 3.33 bits per heavy atom. The van der Waals surface area contributed by atoms with Gasteiger partial charge < -0.3 is 10.4 Å². The Morgan fingerprint density at radius 1 is 1.75 bits per heavy atom. The Morgan fingerprint density at radius 2 is 2.58 bits per heavy atom. The van der Waals surface area contributed by atoms with E-state index in [2.05, 4.69) is 10.3 Å². The number of carboxylic acids is 1. The number of thiophene rings is 1. The molecule has 1 aliphatic rings. The molecule has 1 aliphatic heterocycles. The quantitative estimate of drug-likeness (QED) is 0.687. The van der Waals surface area contributed by atoms with Gasteiger partial charge in [-0.2, -0.15) is 0 Å². The van der Waals surface area contributed by atoms with Crippen LogP contribution in [0.5, 0.6) is 0 Å². The third-order valence-electron chi connectivity index (χ3n) is 1.60. The lowest BCUT2D eigenvalue weighted by Crippen LogP contribution is -2.08. The third kappa shape index (κ3) is 0.984. The summed E-state index contributed by atoms with van der Waals surface area (Å²) in [6, 6.07) is 0. The van der Waals surface area contributed by atoms with Gasteiger partial charge in [0.2, 0.25) is 0 Å². The van der Waals surface area contributed by atoms with Gasteiger partial charge in [0.05, 0.1) is 5.69 Å². The lowest BCUT2D eigenvalue weighted by Gasteiger charge is -2.07. The second-order valence-corrected chi connectivity index (χ2v) is 3.22. The number of rotatable bonds is 1. The second-order valence-electron chi connectivity index (χ2n) is 2.34. The van der Waals surface area contributed by atoms with Gasteiger partial charge >= 0.3 is 5.97 Å². The molecule has 0 fully saturated rings. The van der Waals surface area contributed by atoms with Crippen LogP contribution in [0, 0.1) is 0 Å². The van der Waals surface area contributed by atoms with Crippen LogP contribution in [0.1, 0.15) is 15.2 Å². The molecule has 12 heavy (non-hydrogen) atoms. The minimum Gasteiger partial charge on any atom is -0.477 e. The van der Waals surface area contributed by atoms with E-state index in [4.69, 9.17) is 5.11 Å². The van der Waals surface area contributed by atoms with E-state index in [1.165, 1.54) is 11.3 Å². The number of carboxylic acid groups (broad SMARTS) is 1. The number of nitrogens with one attached hydrogen (secondary N) is 1. The molecule has 0 bridgehead atoms. The molecule has 0 atom stereocenters.